The summed E-state index contributed by atoms with van der Waals surface area (Å²) in [6.07, 6.45) is 16.0. The third-order valence-corrected chi connectivity index (χ3v) is 9.12. The van der Waals surface area contributed by atoms with Crippen LogP contribution in [0.1, 0.15) is 126 Å². The van der Waals surface area contributed by atoms with Crippen molar-refractivity contribution in [2.24, 2.45) is 0 Å². The fourth-order valence-corrected chi connectivity index (χ4v) is 7.38. The summed E-state index contributed by atoms with van der Waals surface area (Å²) >= 11 is 0. The van der Waals surface area contributed by atoms with Crippen LogP contribution in [0.15, 0.2) is 60.8 Å². The predicted molar refractivity (Wildman–Crippen MR) is 157 cm³/mol. The van der Waals surface area contributed by atoms with Gasteiger partial charge in [-0.2, -0.15) is 0 Å². The molecule has 0 aromatic heterocycles. The average molecular weight is 520 g/mol. The first-order valence-corrected chi connectivity index (χ1v) is 14.7. The van der Waals surface area contributed by atoms with Gasteiger partial charge in [0.1, 0.15) is 11.6 Å². The summed E-state index contributed by atoms with van der Waals surface area (Å²) in [5.41, 5.74) is 3.84. The van der Waals surface area contributed by atoms with E-state index in [1.54, 1.807) is 6.07 Å². The van der Waals surface area contributed by atoms with Gasteiger partial charge in [0.25, 0.3) is 0 Å². The molecule has 0 radical (unpaired) electrons. The van der Waals surface area contributed by atoms with E-state index < -0.39 is 0 Å². The Morgan fingerprint density at radius 2 is 1.32 bits per heavy atom. The third kappa shape index (κ3) is 6.24. The molecule has 1 aliphatic heterocycles. The Hall–Kier alpha value is -2.42. The second kappa shape index (κ2) is 11.8. The van der Waals surface area contributed by atoms with Gasteiger partial charge in [-0.15, -0.1) is 0 Å². The van der Waals surface area contributed by atoms with Crippen molar-refractivity contribution in [1.29, 1.82) is 0 Å². The van der Waals surface area contributed by atoms with Crippen LogP contribution < -0.4 is 0 Å². The summed E-state index contributed by atoms with van der Waals surface area (Å²) < 4.78 is 30.3. The molecule has 1 aliphatic carbocycles. The fraction of sp³-hybridized carbons (Fsp3) is 0.543. The second-order valence-electron chi connectivity index (χ2n) is 12.9. The smallest absolute Gasteiger partial charge is 0.126 e. The minimum atomic E-state index is -0.0744. The van der Waals surface area contributed by atoms with Crippen LogP contribution in [0.2, 0.25) is 0 Å². The quantitative estimate of drug-likeness (QED) is 0.329. The number of hydrogen-bond acceptors (Lipinski definition) is 1. The molecule has 206 valence electrons. The average Bonchev–Trinajstić information content (AvgIpc) is 2.87. The molecule has 2 aromatic rings. The highest BCUT2D eigenvalue weighted by Crippen LogP contribution is 2.47. The van der Waals surface area contributed by atoms with Crippen molar-refractivity contribution < 1.29 is 8.78 Å². The summed E-state index contributed by atoms with van der Waals surface area (Å²) in [5.74, 6) is 0.860. The monoisotopic (exact) mass is 519 g/mol. The van der Waals surface area contributed by atoms with Gasteiger partial charge in [0.2, 0.25) is 0 Å². The third-order valence-electron chi connectivity index (χ3n) is 9.12. The normalized spacial score (nSPS) is 23.9. The lowest BCUT2D eigenvalue weighted by Crippen LogP contribution is -2.57. The maximum absolute atomic E-state index is 15.6. The zero-order chi connectivity index (χ0) is 27.5. The minimum Gasteiger partial charge on any atom is -0.368 e. The van der Waals surface area contributed by atoms with Gasteiger partial charge >= 0.3 is 0 Å². The zero-order valence-corrected chi connectivity index (χ0v) is 24.4. The summed E-state index contributed by atoms with van der Waals surface area (Å²) in [5, 5.41) is 0. The molecule has 2 fully saturated rings. The summed E-state index contributed by atoms with van der Waals surface area (Å²) in [6.45, 7) is 13.1. The van der Waals surface area contributed by atoms with Crippen molar-refractivity contribution >= 4 is 0 Å². The van der Waals surface area contributed by atoms with Gasteiger partial charge in [0, 0.05) is 11.1 Å². The predicted octanol–water partition coefficient (Wildman–Crippen LogP) is 10.2. The van der Waals surface area contributed by atoms with Crippen molar-refractivity contribution in [3.63, 3.8) is 0 Å². The van der Waals surface area contributed by atoms with Gasteiger partial charge in [-0.3, -0.25) is 0 Å². The summed E-state index contributed by atoms with van der Waals surface area (Å²) in [6, 6.07) is 11.9. The molecule has 3 heteroatoms. The molecule has 1 nitrogen and oxygen atoms in total. The van der Waals surface area contributed by atoms with E-state index in [1.165, 1.54) is 0 Å². The second-order valence-corrected chi connectivity index (χ2v) is 12.9. The molecule has 1 heterocycles. The van der Waals surface area contributed by atoms with Crippen LogP contribution in [0, 0.1) is 11.6 Å². The maximum atomic E-state index is 15.6. The lowest BCUT2D eigenvalue weighted by Gasteiger charge is -2.55. The lowest BCUT2D eigenvalue weighted by molar-refractivity contribution is 0.00669. The number of likely N-dealkylation sites (tertiary alicyclic amines) is 1. The van der Waals surface area contributed by atoms with Crippen LogP contribution in [0.25, 0.3) is 0 Å². The molecule has 0 atom stereocenters. The Morgan fingerprint density at radius 3 is 1.82 bits per heavy atom. The van der Waals surface area contributed by atoms with Crippen LogP contribution in [0.3, 0.4) is 0 Å². The van der Waals surface area contributed by atoms with E-state index in [-0.39, 0.29) is 28.6 Å². The van der Waals surface area contributed by atoms with E-state index in [1.807, 2.05) is 25.1 Å². The Morgan fingerprint density at radius 1 is 0.763 bits per heavy atom. The number of hydrogen-bond donors (Lipinski definition) is 0. The van der Waals surface area contributed by atoms with Gasteiger partial charge in [0.15, 0.2) is 0 Å². The van der Waals surface area contributed by atoms with E-state index in [4.69, 9.17) is 0 Å². The van der Waals surface area contributed by atoms with Crippen LogP contribution in [-0.4, -0.2) is 16.0 Å². The van der Waals surface area contributed by atoms with E-state index in [9.17, 15) is 4.39 Å². The molecule has 1 saturated carbocycles. The van der Waals surface area contributed by atoms with Gasteiger partial charge in [0.05, 0.1) is 0 Å². The summed E-state index contributed by atoms with van der Waals surface area (Å²) in [7, 11) is 0. The van der Waals surface area contributed by atoms with Crippen molar-refractivity contribution in [2.45, 2.75) is 122 Å². The van der Waals surface area contributed by atoms with Crippen LogP contribution in [0.4, 0.5) is 8.78 Å². The Labute approximate surface area is 230 Å². The van der Waals surface area contributed by atoms with E-state index in [0.29, 0.717) is 11.8 Å². The lowest BCUT2D eigenvalue weighted by atomic mass is 9.71. The number of allylic oxidation sites excluding steroid dienone is 3. The molecule has 0 spiro atoms. The zero-order valence-electron chi connectivity index (χ0n) is 24.4. The number of halogens is 2. The van der Waals surface area contributed by atoms with Gasteiger partial charge in [-0.05, 0) is 151 Å². The molecule has 0 unspecified atom stereocenters. The van der Waals surface area contributed by atoms with E-state index in [2.05, 4.69) is 76.1 Å². The first-order chi connectivity index (χ1) is 18.1. The molecule has 0 amide bonds. The molecule has 0 N–H and O–H groups in total. The summed E-state index contributed by atoms with van der Waals surface area (Å²) in [4.78, 5) is 2.45. The molecule has 0 bridgehead atoms. The Balaban J connectivity index is 1.41. The SMILES string of the molecule is C/C=C/CCc1ccc(C2CCC(c3ccc(C4CC(C)(C)N(/C=C/C)C(C)(C)C4)c(F)c3)CC2)cc1F. The molecule has 4 rings (SSSR count). The molecular formula is C35H47F2N. The van der Waals surface area contributed by atoms with Crippen molar-refractivity contribution in [2.75, 3.05) is 0 Å². The fourth-order valence-electron chi connectivity index (χ4n) is 7.38. The van der Waals surface area contributed by atoms with Crippen molar-refractivity contribution in [1.82, 2.24) is 4.90 Å². The Kier molecular flexibility index (Phi) is 8.85. The van der Waals surface area contributed by atoms with Crippen LogP contribution >= 0.6 is 0 Å². The highest BCUT2D eigenvalue weighted by molar-refractivity contribution is 5.33. The van der Waals surface area contributed by atoms with Gasteiger partial charge in [-0.25, -0.2) is 8.78 Å². The first-order valence-electron chi connectivity index (χ1n) is 14.7. The minimum absolute atomic E-state index is 0.0351. The van der Waals surface area contributed by atoms with Gasteiger partial charge in [-0.1, -0.05) is 42.5 Å². The van der Waals surface area contributed by atoms with E-state index in [0.717, 1.165) is 73.6 Å². The van der Waals surface area contributed by atoms with Crippen molar-refractivity contribution in [3.8, 4) is 0 Å². The van der Waals surface area contributed by atoms with Crippen molar-refractivity contribution in [3.05, 3.63) is 94.7 Å². The molecule has 1 saturated heterocycles. The van der Waals surface area contributed by atoms with E-state index >= 15 is 4.39 Å². The number of piperidine rings is 1. The highest BCUT2D eigenvalue weighted by atomic mass is 19.1. The number of benzene rings is 2. The Bertz CT molecular complexity index is 1130. The number of aryl methyl sites for hydroxylation is 1. The highest BCUT2D eigenvalue weighted by Gasteiger charge is 2.44. The van der Waals surface area contributed by atoms with Crippen LogP contribution in [0.5, 0.6) is 0 Å². The molecule has 2 aliphatic rings. The topological polar surface area (TPSA) is 3.24 Å². The standard InChI is InChI=1S/C35H47F2N/c1-7-9-10-11-27-16-17-28(21-32(27)36)25-12-14-26(15-13-25)29-18-19-31(33(37)22-29)30-23-34(3,4)38(20-8-2)35(5,6)24-30/h7-9,16-22,25-26,30H,10-15,23-24H2,1-6H3/b9-7+,20-8+. The van der Waals surface area contributed by atoms with Crippen LogP contribution in [-0.2, 0) is 6.42 Å². The van der Waals surface area contributed by atoms with Gasteiger partial charge < -0.3 is 4.90 Å². The number of rotatable bonds is 7. The first kappa shape index (κ1) is 28.6. The largest absolute Gasteiger partial charge is 0.368 e. The molecule has 38 heavy (non-hydrogen) atoms. The molecule has 2 aromatic carbocycles. The number of nitrogens with zero attached hydrogens (tertiary/aromatic N) is 1. The maximum Gasteiger partial charge on any atom is 0.126 e. The molecular weight excluding hydrogens is 472 g/mol.